The highest BCUT2D eigenvalue weighted by atomic mass is 19.1. The zero-order chi connectivity index (χ0) is 25.8. The summed E-state index contributed by atoms with van der Waals surface area (Å²) in [7, 11) is 1.58. The number of phenols is 1. The van der Waals surface area contributed by atoms with E-state index < -0.39 is 0 Å². The molecule has 1 saturated heterocycles. The molecule has 3 aromatic carbocycles. The molecule has 3 aromatic rings. The van der Waals surface area contributed by atoms with Crippen LogP contribution in [0.4, 0.5) is 4.39 Å². The Morgan fingerprint density at radius 3 is 2.47 bits per heavy atom. The lowest BCUT2D eigenvalue weighted by Crippen LogP contribution is -2.42. The molecule has 2 unspecified atom stereocenters. The second-order valence-electron chi connectivity index (χ2n) is 9.97. The second-order valence-corrected chi connectivity index (χ2v) is 9.97. The van der Waals surface area contributed by atoms with Crippen molar-refractivity contribution in [3.05, 3.63) is 94.8 Å². The molecule has 6 heteroatoms. The Morgan fingerprint density at radius 1 is 1.11 bits per heavy atom. The largest absolute Gasteiger partial charge is 0.507 e. The quantitative estimate of drug-likeness (QED) is 0.446. The Labute approximate surface area is 213 Å². The van der Waals surface area contributed by atoms with Gasteiger partial charge in [0.2, 0.25) is 0 Å². The molecule has 0 bridgehead atoms. The number of hydrogen-bond donors (Lipinski definition) is 1. The van der Waals surface area contributed by atoms with Gasteiger partial charge >= 0.3 is 0 Å². The topological polar surface area (TPSA) is 53.0 Å². The van der Waals surface area contributed by atoms with Crippen molar-refractivity contribution in [1.29, 1.82) is 0 Å². The fourth-order valence-corrected chi connectivity index (χ4v) is 5.21. The smallest absolute Gasteiger partial charge is 0.254 e. The Kier molecular flexibility index (Phi) is 7.94. The van der Waals surface area contributed by atoms with E-state index in [1.54, 1.807) is 25.3 Å². The first-order chi connectivity index (χ1) is 17.3. The molecule has 2 atom stereocenters. The highest BCUT2D eigenvalue weighted by Crippen LogP contribution is 2.37. The number of ether oxygens (including phenoxy) is 1. The number of benzene rings is 3. The number of phenolic OH excluding ortho intramolecular Hbond substituents is 1. The van der Waals surface area contributed by atoms with Crippen molar-refractivity contribution in [3.63, 3.8) is 0 Å². The monoisotopic (exact) mass is 490 g/mol. The van der Waals surface area contributed by atoms with Crippen LogP contribution in [-0.2, 0) is 6.54 Å². The van der Waals surface area contributed by atoms with E-state index in [0.717, 1.165) is 18.7 Å². The molecule has 4 rings (SSSR count). The van der Waals surface area contributed by atoms with Crippen LogP contribution in [0.15, 0.2) is 66.7 Å². The molecule has 0 aromatic heterocycles. The molecule has 0 aliphatic carbocycles. The lowest BCUT2D eigenvalue weighted by molar-refractivity contribution is 0.0668. The van der Waals surface area contributed by atoms with Crippen molar-refractivity contribution in [3.8, 4) is 11.5 Å². The fourth-order valence-electron chi connectivity index (χ4n) is 5.21. The van der Waals surface area contributed by atoms with Gasteiger partial charge < -0.3 is 14.7 Å². The number of carbonyl (C=O) groups is 1. The number of aromatic hydroxyl groups is 1. The van der Waals surface area contributed by atoms with Gasteiger partial charge in [-0.3, -0.25) is 9.69 Å². The standard InChI is InChI=1S/C30H35FN2O3/c1-20(2)33(30(35)22-9-12-25(31)13-10-22)18-24-17-32(16-23-11-14-26(36-4)15-29(23)34)19-28(24)27-8-6-5-7-21(27)3/h5-15,20,24,28,34H,16-19H2,1-4H3. The number of nitrogens with zero attached hydrogens (tertiary/aromatic N) is 2. The van der Waals surface area contributed by atoms with Crippen LogP contribution >= 0.6 is 0 Å². The Balaban J connectivity index is 1.59. The molecule has 190 valence electrons. The van der Waals surface area contributed by atoms with Crippen LogP contribution in [0.2, 0.25) is 0 Å². The average Bonchev–Trinajstić information content (AvgIpc) is 3.26. The minimum Gasteiger partial charge on any atom is -0.507 e. The predicted octanol–water partition coefficient (Wildman–Crippen LogP) is 5.61. The molecule has 0 spiro atoms. The third-order valence-electron chi connectivity index (χ3n) is 7.20. The van der Waals surface area contributed by atoms with Crippen LogP contribution < -0.4 is 4.74 Å². The minimum absolute atomic E-state index is 0.000226. The summed E-state index contributed by atoms with van der Waals surface area (Å²) in [6.45, 7) is 9.01. The predicted molar refractivity (Wildman–Crippen MR) is 140 cm³/mol. The van der Waals surface area contributed by atoms with E-state index in [1.807, 2.05) is 30.9 Å². The molecule has 0 saturated carbocycles. The third kappa shape index (κ3) is 5.71. The van der Waals surface area contributed by atoms with E-state index in [4.69, 9.17) is 4.74 Å². The lowest BCUT2D eigenvalue weighted by atomic mass is 9.86. The fraction of sp³-hybridized carbons (Fsp3) is 0.367. The first-order valence-electron chi connectivity index (χ1n) is 12.5. The van der Waals surface area contributed by atoms with Crippen LogP contribution in [0.1, 0.15) is 46.8 Å². The van der Waals surface area contributed by atoms with Crippen molar-refractivity contribution in [2.75, 3.05) is 26.7 Å². The van der Waals surface area contributed by atoms with Crippen molar-refractivity contribution in [2.45, 2.75) is 39.3 Å². The molecular formula is C30H35FN2O3. The van der Waals surface area contributed by atoms with E-state index in [1.165, 1.54) is 23.3 Å². The van der Waals surface area contributed by atoms with E-state index in [2.05, 4.69) is 36.1 Å². The molecule has 1 amide bonds. The van der Waals surface area contributed by atoms with Crippen LogP contribution in [-0.4, -0.2) is 53.6 Å². The van der Waals surface area contributed by atoms with E-state index in [0.29, 0.717) is 24.4 Å². The first kappa shape index (κ1) is 25.7. The Bertz CT molecular complexity index is 1200. The van der Waals surface area contributed by atoms with E-state index in [-0.39, 0.29) is 35.4 Å². The van der Waals surface area contributed by atoms with Gasteiger partial charge in [-0.1, -0.05) is 30.3 Å². The Morgan fingerprint density at radius 2 is 1.83 bits per heavy atom. The van der Waals surface area contributed by atoms with Gasteiger partial charge in [0.25, 0.3) is 5.91 Å². The van der Waals surface area contributed by atoms with Crippen molar-refractivity contribution in [1.82, 2.24) is 9.80 Å². The molecule has 0 radical (unpaired) electrons. The number of methoxy groups -OCH3 is 1. The summed E-state index contributed by atoms with van der Waals surface area (Å²) in [6, 6.07) is 19.6. The van der Waals surface area contributed by atoms with Gasteiger partial charge in [-0.25, -0.2) is 4.39 Å². The van der Waals surface area contributed by atoms with Gasteiger partial charge in [0.15, 0.2) is 0 Å². The molecule has 1 N–H and O–H groups in total. The molecule has 1 aliphatic rings. The van der Waals surface area contributed by atoms with Gasteiger partial charge in [0, 0.05) is 55.3 Å². The normalized spacial score (nSPS) is 17.9. The van der Waals surface area contributed by atoms with Gasteiger partial charge in [-0.05, 0) is 68.1 Å². The highest BCUT2D eigenvalue weighted by molar-refractivity contribution is 5.94. The zero-order valence-electron chi connectivity index (χ0n) is 21.4. The number of rotatable bonds is 8. The second kappa shape index (κ2) is 11.1. The molecule has 1 aliphatic heterocycles. The maximum Gasteiger partial charge on any atom is 0.254 e. The molecular weight excluding hydrogens is 455 g/mol. The van der Waals surface area contributed by atoms with Gasteiger partial charge in [0.05, 0.1) is 7.11 Å². The third-order valence-corrected chi connectivity index (χ3v) is 7.20. The number of hydrogen-bond acceptors (Lipinski definition) is 4. The van der Waals surface area contributed by atoms with Crippen LogP contribution in [0.25, 0.3) is 0 Å². The summed E-state index contributed by atoms with van der Waals surface area (Å²) >= 11 is 0. The average molecular weight is 491 g/mol. The first-order valence-corrected chi connectivity index (χ1v) is 12.5. The highest BCUT2D eigenvalue weighted by Gasteiger charge is 2.37. The SMILES string of the molecule is COc1ccc(CN2CC(CN(C(=O)c3ccc(F)cc3)C(C)C)C(c3ccccc3C)C2)c(O)c1. The summed E-state index contributed by atoms with van der Waals surface area (Å²) in [5.74, 6) is 0.864. The summed E-state index contributed by atoms with van der Waals surface area (Å²) in [4.78, 5) is 17.7. The number of carbonyl (C=O) groups excluding carboxylic acids is 1. The van der Waals surface area contributed by atoms with Gasteiger partial charge in [-0.15, -0.1) is 0 Å². The number of likely N-dealkylation sites (tertiary alicyclic amines) is 1. The Hall–Kier alpha value is -3.38. The van der Waals surface area contributed by atoms with Crippen molar-refractivity contribution in [2.24, 2.45) is 5.92 Å². The van der Waals surface area contributed by atoms with Crippen LogP contribution in [0.5, 0.6) is 11.5 Å². The van der Waals surface area contributed by atoms with E-state index >= 15 is 0 Å². The maximum atomic E-state index is 13.5. The van der Waals surface area contributed by atoms with Gasteiger partial charge in [0.1, 0.15) is 17.3 Å². The summed E-state index contributed by atoms with van der Waals surface area (Å²) in [5.41, 5.74) is 3.88. The van der Waals surface area contributed by atoms with Crippen molar-refractivity contribution >= 4 is 5.91 Å². The molecule has 1 fully saturated rings. The number of halogens is 1. The minimum atomic E-state index is -0.351. The zero-order valence-corrected chi connectivity index (χ0v) is 21.4. The summed E-state index contributed by atoms with van der Waals surface area (Å²) < 4.78 is 18.7. The van der Waals surface area contributed by atoms with Crippen LogP contribution in [0, 0.1) is 18.7 Å². The number of aryl methyl sites for hydroxylation is 1. The molecule has 36 heavy (non-hydrogen) atoms. The van der Waals surface area contributed by atoms with Crippen molar-refractivity contribution < 1.29 is 19.0 Å². The molecule has 1 heterocycles. The van der Waals surface area contributed by atoms with Crippen LogP contribution in [0.3, 0.4) is 0 Å². The lowest BCUT2D eigenvalue weighted by Gasteiger charge is -2.32. The summed E-state index contributed by atoms with van der Waals surface area (Å²) in [6.07, 6.45) is 0. The van der Waals surface area contributed by atoms with E-state index in [9.17, 15) is 14.3 Å². The molecule has 5 nitrogen and oxygen atoms in total. The summed E-state index contributed by atoms with van der Waals surface area (Å²) in [5, 5.41) is 10.5. The number of amides is 1. The maximum absolute atomic E-state index is 13.5. The van der Waals surface area contributed by atoms with Gasteiger partial charge in [-0.2, -0.15) is 0 Å².